The van der Waals surface area contributed by atoms with Crippen LogP contribution in [0.25, 0.3) is 0 Å². The van der Waals surface area contributed by atoms with Gasteiger partial charge in [-0.1, -0.05) is 17.7 Å². The largest absolute Gasteiger partial charge is 0.398 e. The normalized spacial score (nSPS) is 10.2. The molecule has 0 saturated heterocycles. The van der Waals surface area contributed by atoms with Gasteiger partial charge in [-0.25, -0.2) is 0 Å². The van der Waals surface area contributed by atoms with E-state index in [2.05, 4.69) is 6.92 Å². The molecule has 65 valence electrons. The summed E-state index contributed by atoms with van der Waals surface area (Å²) in [7, 11) is 0. The first-order valence-electron chi connectivity index (χ1n) is 3.75. The molecule has 0 spiro atoms. The van der Waals surface area contributed by atoms with Crippen LogP contribution in [0.2, 0.25) is 5.02 Å². The minimum Gasteiger partial charge on any atom is -0.398 e. The molecular formula is C9H12ClN2. The molecule has 0 heterocycles. The van der Waals surface area contributed by atoms with Crippen molar-refractivity contribution in [3.8, 4) is 0 Å². The van der Waals surface area contributed by atoms with Crippen LogP contribution in [0.1, 0.15) is 11.1 Å². The van der Waals surface area contributed by atoms with E-state index in [0.29, 0.717) is 23.7 Å². The summed E-state index contributed by atoms with van der Waals surface area (Å²) in [5.74, 6) is 0. The topological polar surface area (TPSA) is 52.0 Å². The van der Waals surface area contributed by atoms with Crippen molar-refractivity contribution in [2.75, 3.05) is 5.73 Å². The Bertz CT molecular complexity index is 259. The number of benzene rings is 1. The molecule has 1 aromatic carbocycles. The van der Waals surface area contributed by atoms with Gasteiger partial charge in [0.05, 0.1) is 0 Å². The van der Waals surface area contributed by atoms with Crippen molar-refractivity contribution < 1.29 is 0 Å². The van der Waals surface area contributed by atoms with Gasteiger partial charge in [-0.2, -0.15) is 0 Å². The Morgan fingerprint density at radius 2 is 2.00 bits per heavy atom. The first-order chi connectivity index (χ1) is 5.69. The lowest BCUT2D eigenvalue weighted by Gasteiger charge is -2.07. The number of anilines is 1. The summed E-state index contributed by atoms with van der Waals surface area (Å²) in [6, 6.07) is 3.63. The SMILES string of the molecule is [CH2]Cc1cc(CN)c(Cl)cc1N. The summed E-state index contributed by atoms with van der Waals surface area (Å²) < 4.78 is 0. The first kappa shape index (κ1) is 9.36. The van der Waals surface area contributed by atoms with Crippen molar-refractivity contribution in [1.82, 2.24) is 0 Å². The zero-order valence-corrected chi connectivity index (χ0v) is 7.56. The van der Waals surface area contributed by atoms with Crippen LogP contribution < -0.4 is 11.5 Å². The van der Waals surface area contributed by atoms with Crippen LogP contribution in [0.3, 0.4) is 0 Å². The quantitative estimate of drug-likeness (QED) is 0.687. The molecule has 0 bridgehead atoms. The standard InChI is InChI=1S/C9H12ClN2/c1-2-6-3-7(5-11)8(10)4-9(6)12/h3-4H,1-2,5,11-12H2. The zero-order chi connectivity index (χ0) is 9.14. The maximum atomic E-state index is 5.88. The highest BCUT2D eigenvalue weighted by atomic mass is 35.5. The molecule has 0 atom stereocenters. The number of nitrogen functional groups attached to an aromatic ring is 1. The highest BCUT2D eigenvalue weighted by molar-refractivity contribution is 6.31. The third-order valence-corrected chi connectivity index (χ3v) is 2.15. The van der Waals surface area contributed by atoms with Crippen molar-refractivity contribution >= 4 is 17.3 Å². The van der Waals surface area contributed by atoms with Gasteiger partial charge in [0.1, 0.15) is 0 Å². The van der Waals surface area contributed by atoms with Crippen molar-refractivity contribution in [3.05, 3.63) is 35.2 Å². The van der Waals surface area contributed by atoms with E-state index in [-0.39, 0.29) is 0 Å². The molecule has 1 radical (unpaired) electrons. The summed E-state index contributed by atoms with van der Waals surface area (Å²) >= 11 is 5.88. The number of nitrogens with two attached hydrogens (primary N) is 2. The Morgan fingerprint density at radius 3 is 2.50 bits per heavy atom. The molecule has 0 aliphatic heterocycles. The molecule has 0 amide bonds. The molecule has 12 heavy (non-hydrogen) atoms. The molecule has 0 fully saturated rings. The molecule has 0 aromatic heterocycles. The molecule has 4 N–H and O–H groups in total. The Labute approximate surface area is 77.5 Å². The van der Waals surface area contributed by atoms with E-state index in [4.69, 9.17) is 23.1 Å². The van der Waals surface area contributed by atoms with Crippen molar-refractivity contribution in [3.63, 3.8) is 0 Å². The monoisotopic (exact) mass is 183 g/mol. The summed E-state index contributed by atoms with van der Waals surface area (Å²) in [5.41, 5.74) is 13.8. The molecule has 0 unspecified atom stereocenters. The molecule has 2 nitrogen and oxygen atoms in total. The third kappa shape index (κ3) is 1.71. The molecule has 1 rings (SSSR count). The van der Waals surface area contributed by atoms with E-state index < -0.39 is 0 Å². The number of hydrogen-bond acceptors (Lipinski definition) is 2. The Hall–Kier alpha value is -0.730. The molecule has 1 aromatic rings. The fourth-order valence-corrected chi connectivity index (χ4v) is 1.31. The van der Waals surface area contributed by atoms with Crippen LogP contribution in [0.4, 0.5) is 5.69 Å². The Kier molecular flexibility index (Phi) is 2.95. The van der Waals surface area contributed by atoms with E-state index in [1.54, 1.807) is 6.07 Å². The summed E-state index contributed by atoms with van der Waals surface area (Å²) in [6.45, 7) is 4.19. The van der Waals surface area contributed by atoms with Gasteiger partial charge in [0.2, 0.25) is 0 Å². The maximum Gasteiger partial charge on any atom is 0.0471 e. The molecular weight excluding hydrogens is 172 g/mol. The third-order valence-electron chi connectivity index (χ3n) is 1.80. The lowest BCUT2D eigenvalue weighted by Crippen LogP contribution is -2.01. The molecule has 0 aliphatic rings. The molecule has 3 heteroatoms. The second-order valence-electron chi connectivity index (χ2n) is 2.60. The number of hydrogen-bond donors (Lipinski definition) is 2. The van der Waals surface area contributed by atoms with Crippen LogP contribution in [-0.4, -0.2) is 0 Å². The van der Waals surface area contributed by atoms with Crippen molar-refractivity contribution in [1.29, 1.82) is 0 Å². The number of halogens is 1. The van der Waals surface area contributed by atoms with Crippen LogP contribution in [0.5, 0.6) is 0 Å². The smallest absolute Gasteiger partial charge is 0.0471 e. The highest BCUT2D eigenvalue weighted by Crippen LogP contribution is 2.23. The average molecular weight is 184 g/mol. The van der Waals surface area contributed by atoms with Crippen LogP contribution >= 0.6 is 11.6 Å². The van der Waals surface area contributed by atoms with E-state index >= 15 is 0 Å². The van der Waals surface area contributed by atoms with Crippen LogP contribution in [-0.2, 0) is 13.0 Å². The van der Waals surface area contributed by atoms with Crippen LogP contribution in [0.15, 0.2) is 12.1 Å². The minimum atomic E-state index is 0.437. The molecule has 0 saturated carbocycles. The van der Waals surface area contributed by atoms with Gasteiger partial charge in [-0.3, -0.25) is 0 Å². The summed E-state index contributed by atoms with van der Waals surface area (Å²) in [5, 5.41) is 0.632. The lowest BCUT2D eigenvalue weighted by molar-refractivity contribution is 1.06. The predicted octanol–water partition coefficient (Wildman–Crippen LogP) is 1.76. The fourth-order valence-electron chi connectivity index (χ4n) is 1.06. The lowest BCUT2D eigenvalue weighted by atomic mass is 10.1. The van der Waals surface area contributed by atoms with Crippen molar-refractivity contribution in [2.24, 2.45) is 5.73 Å². The second-order valence-corrected chi connectivity index (χ2v) is 3.00. The van der Waals surface area contributed by atoms with E-state index in [1.165, 1.54) is 0 Å². The van der Waals surface area contributed by atoms with Gasteiger partial charge < -0.3 is 11.5 Å². The van der Waals surface area contributed by atoms with E-state index in [0.717, 1.165) is 11.1 Å². The predicted molar refractivity (Wildman–Crippen MR) is 52.8 cm³/mol. The van der Waals surface area contributed by atoms with Gasteiger partial charge in [-0.05, 0) is 30.5 Å². The van der Waals surface area contributed by atoms with E-state index in [9.17, 15) is 0 Å². The fraction of sp³-hybridized carbons (Fsp3) is 0.222. The van der Waals surface area contributed by atoms with Gasteiger partial charge in [-0.15, -0.1) is 0 Å². The highest BCUT2D eigenvalue weighted by Gasteiger charge is 2.03. The second kappa shape index (κ2) is 3.78. The van der Waals surface area contributed by atoms with Gasteiger partial charge in [0.15, 0.2) is 0 Å². The number of rotatable bonds is 2. The van der Waals surface area contributed by atoms with Gasteiger partial charge in [0.25, 0.3) is 0 Å². The van der Waals surface area contributed by atoms with E-state index in [1.807, 2.05) is 6.07 Å². The zero-order valence-electron chi connectivity index (χ0n) is 6.81. The van der Waals surface area contributed by atoms with Crippen molar-refractivity contribution in [2.45, 2.75) is 13.0 Å². The minimum absolute atomic E-state index is 0.437. The maximum absolute atomic E-state index is 5.88. The Morgan fingerprint density at radius 1 is 1.33 bits per heavy atom. The van der Waals surface area contributed by atoms with Gasteiger partial charge >= 0.3 is 0 Å². The first-order valence-corrected chi connectivity index (χ1v) is 4.13. The average Bonchev–Trinajstić information content (AvgIpc) is 2.05. The van der Waals surface area contributed by atoms with Gasteiger partial charge in [0, 0.05) is 17.3 Å². The molecule has 0 aliphatic carbocycles. The van der Waals surface area contributed by atoms with Crippen LogP contribution in [0, 0.1) is 6.92 Å². The summed E-state index contributed by atoms with van der Waals surface area (Å²) in [6.07, 6.45) is 0.663. The summed E-state index contributed by atoms with van der Waals surface area (Å²) in [4.78, 5) is 0. The Balaban J connectivity index is 3.18.